The Bertz CT molecular complexity index is 1020. The van der Waals surface area contributed by atoms with Gasteiger partial charge < -0.3 is 14.5 Å². The summed E-state index contributed by atoms with van der Waals surface area (Å²) >= 11 is 0. The van der Waals surface area contributed by atoms with E-state index in [2.05, 4.69) is 28.1 Å². The first-order valence-corrected chi connectivity index (χ1v) is 9.91. The zero-order valence-corrected chi connectivity index (χ0v) is 16.8. The number of para-hydroxylation sites is 1. The van der Waals surface area contributed by atoms with E-state index in [1.165, 1.54) is 12.1 Å². The summed E-state index contributed by atoms with van der Waals surface area (Å²) in [5.41, 5.74) is 3.07. The molecule has 0 unspecified atom stereocenters. The van der Waals surface area contributed by atoms with Crippen LogP contribution in [0.4, 0.5) is 10.2 Å². The molecule has 0 atom stereocenters. The zero-order valence-electron chi connectivity index (χ0n) is 16.8. The standard InChI is InChI=1S/C23H23FN4O2/c1-17-6-2-3-7-18(17)20-10-11-22(26-25-20)27-12-14-28(15-13-27)23(29)16-30-21-9-5-4-8-19(21)24/h2-11H,12-16H2,1H3. The molecule has 0 radical (unpaired) electrons. The molecule has 6 nitrogen and oxygen atoms in total. The molecule has 1 aliphatic rings. The molecule has 1 amide bonds. The zero-order chi connectivity index (χ0) is 20.9. The molecule has 0 bridgehead atoms. The Morgan fingerprint density at radius 1 is 0.967 bits per heavy atom. The van der Waals surface area contributed by atoms with Crippen LogP contribution in [-0.4, -0.2) is 53.8 Å². The van der Waals surface area contributed by atoms with Crippen LogP contribution in [0.3, 0.4) is 0 Å². The highest BCUT2D eigenvalue weighted by Crippen LogP contribution is 2.22. The lowest BCUT2D eigenvalue weighted by atomic mass is 10.1. The molecular weight excluding hydrogens is 383 g/mol. The van der Waals surface area contributed by atoms with Crippen LogP contribution in [0.5, 0.6) is 5.75 Å². The number of benzene rings is 2. The van der Waals surface area contributed by atoms with Gasteiger partial charge in [-0.05, 0) is 36.8 Å². The molecule has 7 heteroatoms. The third-order valence-corrected chi connectivity index (χ3v) is 5.22. The van der Waals surface area contributed by atoms with Gasteiger partial charge in [-0.25, -0.2) is 4.39 Å². The van der Waals surface area contributed by atoms with E-state index in [0.717, 1.165) is 22.6 Å². The maximum atomic E-state index is 13.6. The third-order valence-electron chi connectivity index (χ3n) is 5.22. The predicted octanol–water partition coefficient (Wildman–Crippen LogP) is 3.32. The van der Waals surface area contributed by atoms with Gasteiger partial charge >= 0.3 is 0 Å². The van der Waals surface area contributed by atoms with E-state index in [4.69, 9.17) is 4.74 Å². The minimum Gasteiger partial charge on any atom is -0.481 e. The number of hydrogen-bond donors (Lipinski definition) is 0. The Labute approximate surface area is 174 Å². The second-order valence-corrected chi connectivity index (χ2v) is 7.18. The van der Waals surface area contributed by atoms with Crippen LogP contribution in [0, 0.1) is 12.7 Å². The number of ether oxygens (including phenoxy) is 1. The first-order chi connectivity index (χ1) is 14.6. The van der Waals surface area contributed by atoms with Crippen molar-refractivity contribution in [1.29, 1.82) is 0 Å². The normalized spacial score (nSPS) is 13.9. The average molecular weight is 406 g/mol. The predicted molar refractivity (Wildman–Crippen MR) is 113 cm³/mol. The van der Waals surface area contributed by atoms with Crippen molar-refractivity contribution >= 4 is 11.7 Å². The van der Waals surface area contributed by atoms with Gasteiger partial charge in [0.2, 0.25) is 0 Å². The number of piperazine rings is 1. The van der Waals surface area contributed by atoms with Crippen molar-refractivity contribution in [2.75, 3.05) is 37.7 Å². The maximum absolute atomic E-state index is 13.6. The van der Waals surface area contributed by atoms with Crippen LogP contribution >= 0.6 is 0 Å². The number of amides is 1. The number of anilines is 1. The van der Waals surface area contributed by atoms with Gasteiger partial charge in [-0.15, -0.1) is 10.2 Å². The molecule has 2 aromatic carbocycles. The average Bonchev–Trinajstić information content (AvgIpc) is 2.79. The summed E-state index contributed by atoms with van der Waals surface area (Å²) in [6.45, 7) is 4.30. The van der Waals surface area contributed by atoms with E-state index in [9.17, 15) is 9.18 Å². The first-order valence-electron chi connectivity index (χ1n) is 9.91. The van der Waals surface area contributed by atoms with Gasteiger partial charge in [0.25, 0.3) is 5.91 Å². The minimum atomic E-state index is -0.470. The van der Waals surface area contributed by atoms with Crippen LogP contribution < -0.4 is 9.64 Å². The van der Waals surface area contributed by atoms with E-state index in [1.807, 2.05) is 30.3 Å². The monoisotopic (exact) mass is 406 g/mol. The smallest absolute Gasteiger partial charge is 0.260 e. The topological polar surface area (TPSA) is 58.6 Å². The van der Waals surface area contributed by atoms with E-state index in [1.54, 1.807) is 17.0 Å². The lowest BCUT2D eigenvalue weighted by molar-refractivity contribution is -0.133. The molecule has 1 saturated heterocycles. The largest absolute Gasteiger partial charge is 0.481 e. The van der Waals surface area contributed by atoms with Crippen molar-refractivity contribution in [2.45, 2.75) is 6.92 Å². The highest BCUT2D eigenvalue weighted by molar-refractivity contribution is 5.78. The number of carbonyl (C=O) groups excluding carboxylic acids is 1. The summed E-state index contributed by atoms with van der Waals surface area (Å²) < 4.78 is 18.9. The van der Waals surface area contributed by atoms with Crippen molar-refractivity contribution in [1.82, 2.24) is 15.1 Å². The van der Waals surface area contributed by atoms with Crippen LogP contribution in [0.1, 0.15) is 5.56 Å². The Morgan fingerprint density at radius 2 is 1.70 bits per heavy atom. The molecule has 2 heterocycles. The van der Waals surface area contributed by atoms with Gasteiger partial charge in [-0.1, -0.05) is 36.4 Å². The summed E-state index contributed by atoms with van der Waals surface area (Å²) in [7, 11) is 0. The summed E-state index contributed by atoms with van der Waals surface area (Å²) in [5, 5.41) is 8.76. The lowest BCUT2D eigenvalue weighted by Gasteiger charge is -2.35. The van der Waals surface area contributed by atoms with Crippen molar-refractivity contribution in [2.24, 2.45) is 0 Å². The fourth-order valence-electron chi connectivity index (χ4n) is 3.48. The molecule has 1 fully saturated rings. The molecular formula is C23H23FN4O2. The first kappa shape index (κ1) is 19.8. The fraction of sp³-hybridized carbons (Fsp3) is 0.261. The summed E-state index contributed by atoms with van der Waals surface area (Å²) in [5.74, 6) is 0.261. The van der Waals surface area contributed by atoms with E-state index in [-0.39, 0.29) is 18.3 Å². The van der Waals surface area contributed by atoms with Crippen LogP contribution in [-0.2, 0) is 4.79 Å². The van der Waals surface area contributed by atoms with E-state index in [0.29, 0.717) is 26.2 Å². The summed E-state index contributed by atoms with van der Waals surface area (Å²) in [4.78, 5) is 16.2. The van der Waals surface area contributed by atoms with Gasteiger partial charge in [0, 0.05) is 31.7 Å². The fourth-order valence-corrected chi connectivity index (χ4v) is 3.48. The Kier molecular flexibility index (Phi) is 5.88. The van der Waals surface area contributed by atoms with Crippen LogP contribution in [0.2, 0.25) is 0 Å². The SMILES string of the molecule is Cc1ccccc1-c1ccc(N2CCN(C(=O)COc3ccccc3F)CC2)nn1. The van der Waals surface area contributed by atoms with Gasteiger partial charge in [0.05, 0.1) is 5.69 Å². The molecule has 0 N–H and O–H groups in total. The molecule has 0 aliphatic carbocycles. The summed E-state index contributed by atoms with van der Waals surface area (Å²) in [6, 6.07) is 18.1. The number of aromatic nitrogens is 2. The van der Waals surface area contributed by atoms with Crippen molar-refractivity contribution in [3.63, 3.8) is 0 Å². The van der Waals surface area contributed by atoms with Crippen molar-refractivity contribution < 1.29 is 13.9 Å². The van der Waals surface area contributed by atoms with E-state index >= 15 is 0 Å². The third kappa shape index (κ3) is 4.40. The molecule has 0 saturated carbocycles. The highest BCUT2D eigenvalue weighted by atomic mass is 19.1. The summed E-state index contributed by atoms with van der Waals surface area (Å²) in [6.07, 6.45) is 0. The number of aryl methyl sites for hydroxylation is 1. The van der Waals surface area contributed by atoms with Gasteiger partial charge in [-0.2, -0.15) is 0 Å². The van der Waals surface area contributed by atoms with Crippen molar-refractivity contribution in [3.05, 3.63) is 72.0 Å². The van der Waals surface area contributed by atoms with Gasteiger partial charge in [0.1, 0.15) is 0 Å². The van der Waals surface area contributed by atoms with Gasteiger partial charge in [0.15, 0.2) is 24.0 Å². The number of nitrogens with zero attached hydrogens (tertiary/aromatic N) is 4. The number of hydrogen-bond acceptors (Lipinski definition) is 5. The van der Waals surface area contributed by atoms with Crippen LogP contribution in [0.15, 0.2) is 60.7 Å². The van der Waals surface area contributed by atoms with E-state index < -0.39 is 5.82 Å². The number of rotatable bonds is 5. The molecule has 30 heavy (non-hydrogen) atoms. The van der Waals surface area contributed by atoms with Crippen molar-refractivity contribution in [3.8, 4) is 17.0 Å². The Balaban J connectivity index is 1.31. The molecule has 4 rings (SSSR count). The Morgan fingerprint density at radius 3 is 2.40 bits per heavy atom. The molecule has 154 valence electrons. The molecule has 1 aliphatic heterocycles. The molecule has 0 spiro atoms. The quantitative estimate of drug-likeness (QED) is 0.651. The Hall–Kier alpha value is -3.48. The maximum Gasteiger partial charge on any atom is 0.260 e. The lowest BCUT2D eigenvalue weighted by Crippen LogP contribution is -2.50. The van der Waals surface area contributed by atoms with Gasteiger partial charge in [-0.3, -0.25) is 4.79 Å². The van der Waals surface area contributed by atoms with Crippen LogP contribution in [0.25, 0.3) is 11.3 Å². The highest BCUT2D eigenvalue weighted by Gasteiger charge is 2.22. The second kappa shape index (κ2) is 8.90. The minimum absolute atomic E-state index is 0.0912. The molecule has 1 aromatic heterocycles. The molecule has 3 aromatic rings. The number of carbonyl (C=O) groups is 1. The second-order valence-electron chi connectivity index (χ2n) is 7.18. The number of halogens is 1.